The number of hydrogen-bond donors (Lipinski definition) is 1. The second kappa shape index (κ2) is 5.03. The van der Waals surface area contributed by atoms with Crippen LogP contribution < -0.4 is 5.64 Å². The van der Waals surface area contributed by atoms with Crippen molar-refractivity contribution in [3.8, 4) is 6.07 Å². The van der Waals surface area contributed by atoms with Gasteiger partial charge in [-0.1, -0.05) is 13.8 Å². The minimum Gasteiger partial charge on any atom is -0.375 e. The molecule has 0 aromatic rings. The molecule has 0 saturated carbocycles. The highest BCUT2D eigenvalue weighted by molar-refractivity contribution is 6.35. The maximum Gasteiger partial charge on any atom is 0.243 e. The molecule has 2 aliphatic rings. The molecule has 0 amide bonds. The van der Waals surface area contributed by atoms with Gasteiger partial charge in [-0.05, 0) is 64.2 Å². The average molecular weight is 275 g/mol. The van der Waals surface area contributed by atoms with E-state index in [1.54, 1.807) is 7.41 Å². The van der Waals surface area contributed by atoms with Crippen LogP contribution in [0.4, 0.5) is 0 Å². The first-order valence-corrected chi connectivity index (χ1v) is 7.88. The Labute approximate surface area is 124 Å². The number of nitrogens with two attached hydrogens (primary N) is 1. The van der Waals surface area contributed by atoms with E-state index < -0.39 is 0 Å². The quantitative estimate of drug-likeness (QED) is 0.800. The highest BCUT2D eigenvalue weighted by Gasteiger charge is 2.56. The summed E-state index contributed by atoms with van der Waals surface area (Å²) >= 11 is 0. The third-order valence-corrected chi connectivity index (χ3v) is 5.48. The van der Waals surface area contributed by atoms with E-state index >= 15 is 0 Å². The third-order valence-electron chi connectivity index (χ3n) is 5.48. The van der Waals surface area contributed by atoms with Crippen LogP contribution in [-0.2, 0) is 4.74 Å². The molecular formula is C16H28BN2O. The molecule has 2 heterocycles. The minimum absolute atomic E-state index is 0.0126. The van der Waals surface area contributed by atoms with Crippen LogP contribution in [0.5, 0.6) is 0 Å². The van der Waals surface area contributed by atoms with Crippen LogP contribution in [0.25, 0.3) is 0 Å². The molecule has 2 N–H and O–H groups in total. The first kappa shape index (κ1) is 15.9. The van der Waals surface area contributed by atoms with Gasteiger partial charge < -0.3 is 10.4 Å². The summed E-state index contributed by atoms with van der Waals surface area (Å²) in [5, 5.41) is 9.36. The summed E-state index contributed by atoms with van der Waals surface area (Å²) in [5.41, 5.74) is 5.24. The van der Waals surface area contributed by atoms with Crippen molar-refractivity contribution >= 4 is 7.41 Å². The van der Waals surface area contributed by atoms with E-state index in [4.69, 9.17) is 10.4 Å². The van der Waals surface area contributed by atoms with Crippen molar-refractivity contribution in [3.05, 3.63) is 0 Å². The van der Waals surface area contributed by atoms with Gasteiger partial charge in [0.15, 0.2) is 0 Å². The van der Waals surface area contributed by atoms with Gasteiger partial charge in [-0.3, -0.25) is 0 Å². The molecule has 2 bridgehead atoms. The number of hydrogen-bond acceptors (Lipinski definition) is 3. The van der Waals surface area contributed by atoms with Crippen LogP contribution in [0.3, 0.4) is 0 Å². The lowest BCUT2D eigenvalue weighted by Gasteiger charge is -2.59. The van der Waals surface area contributed by atoms with Gasteiger partial charge in [-0.15, -0.1) is 0 Å². The first-order chi connectivity index (χ1) is 9.20. The lowest BCUT2D eigenvalue weighted by Crippen LogP contribution is -2.62. The lowest BCUT2D eigenvalue weighted by atomic mass is 9.54. The van der Waals surface area contributed by atoms with Gasteiger partial charge in [0.2, 0.25) is 7.41 Å². The Bertz CT molecular complexity index is 401. The molecule has 0 unspecified atom stereocenters. The van der Waals surface area contributed by atoms with Crippen molar-refractivity contribution in [2.24, 2.45) is 16.5 Å². The van der Waals surface area contributed by atoms with E-state index in [2.05, 4.69) is 19.9 Å². The standard InChI is InChI=1S/C16H28BN2O/c1-13(2,12-18)11-14(3,4)15-7-5-9-16(17-19,20-15)10-6-8-15/h5-11,19H2,1-4H3. The van der Waals surface area contributed by atoms with E-state index in [-0.39, 0.29) is 21.9 Å². The Balaban J connectivity index is 2.27. The molecule has 1 radical (unpaired) electrons. The van der Waals surface area contributed by atoms with Crippen LogP contribution in [0.15, 0.2) is 0 Å². The monoisotopic (exact) mass is 275 g/mol. The highest BCUT2D eigenvalue weighted by Crippen LogP contribution is 2.55. The molecule has 20 heavy (non-hydrogen) atoms. The molecule has 2 aliphatic heterocycles. The van der Waals surface area contributed by atoms with Crippen LogP contribution in [0, 0.1) is 22.2 Å². The predicted octanol–water partition coefficient (Wildman–Crippen LogP) is 3.35. The summed E-state index contributed by atoms with van der Waals surface area (Å²) in [5.74, 6) is 0. The molecule has 2 fully saturated rings. The Morgan fingerprint density at radius 1 is 1.15 bits per heavy atom. The highest BCUT2D eigenvalue weighted by atomic mass is 16.5. The number of rotatable bonds is 4. The molecule has 3 nitrogen and oxygen atoms in total. The van der Waals surface area contributed by atoms with E-state index in [9.17, 15) is 5.26 Å². The molecule has 0 atom stereocenters. The van der Waals surface area contributed by atoms with Crippen molar-refractivity contribution in [2.45, 2.75) is 83.7 Å². The Morgan fingerprint density at radius 2 is 1.70 bits per heavy atom. The fourth-order valence-corrected chi connectivity index (χ4v) is 4.51. The van der Waals surface area contributed by atoms with Gasteiger partial charge in [0.1, 0.15) is 0 Å². The Kier molecular flexibility index (Phi) is 3.99. The van der Waals surface area contributed by atoms with Crippen LogP contribution >= 0.6 is 0 Å². The van der Waals surface area contributed by atoms with Crippen LogP contribution in [-0.4, -0.2) is 18.5 Å². The summed E-state index contributed by atoms with van der Waals surface area (Å²) in [6.07, 6.45) is 7.48. The molecule has 0 aromatic heterocycles. The summed E-state index contributed by atoms with van der Waals surface area (Å²) in [7, 11) is 1.78. The van der Waals surface area contributed by atoms with Gasteiger partial charge in [0, 0.05) is 0 Å². The Hall–Kier alpha value is -0.525. The largest absolute Gasteiger partial charge is 0.375 e. The van der Waals surface area contributed by atoms with Gasteiger partial charge in [-0.25, -0.2) is 0 Å². The SMILES string of the molecule is CC(C)(C#N)CC(C)(C)C12CCCC([B]N)(CCC1)O2. The van der Waals surface area contributed by atoms with Crippen LogP contribution in [0.2, 0.25) is 0 Å². The third kappa shape index (κ3) is 2.63. The molecule has 0 aromatic carbocycles. The second-order valence-electron chi connectivity index (χ2n) is 8.09. The zero-order valence-corrected chi connectivity index (χ0v) is 13.5. The zero-order chi connectivity index (χ0) is 15.1. The summed E-state index contributed by atoms with van der Waals surface area (Å²) in [6.45, 7) is 8.59. The number of nitriles is 1. The van der Waals surface area contributed by atoms with E-state index in [1.807, 2.05) is 13.8 Å². The van der Waals surface area contributed by atoms with Gasteiger partial charge in [0.25, 0.3) is 0 Å². The van der Waals surface area contributed by atoms with Gasteiger partial charge >= 0.3 is 0 Å². The Morgan fingerprint density at radius 3 is 2.15 bits per heavy atom. The van der Waals surface area contributed by atoms with E-state index in [0.717, 1.165) is 32.1 Å². The predicted molar refractivity (Wildman–Crippen MR) is 82.0 cm³/mol. The summed E-state index contributed by atoms with van der Waals surface area (Å²) in [4.78, 5) is 0. The number of fused-ring (bicyclic) bond motifs is 2. The van der Waals surface area contributed by atoms with Crippen molar-refractivity contribution in [2.75, 3.05) is 0 Å². The molecule has 111 valence electrons. The normalized spacial score (nSPS) is 34.4. The molecule has 0 spiro atoms. The smallest absolute Gasteiger partial charge is 0.243 e. The van der Waals surface area contributed by atoms with Crippen molar-refractivity contribution in [1.29, 1.82) is 5.26 Å². The molecule has 2 saturated heterocycles. The second-order valence-corrected chi connectivity index (χ2v) is 8.09. The maximum absolute atomic E-state index is 9.36. The van der Waals surface area contributed by atoms with Gasteiger partial charge in [0.05, 0.1) is 22.6 Å². The number of ether oxygens (including phenoxy) is 1. The van der Waals surface area contributed by atoms with E-state index in [1.165, 1.54) is 12.8 Å². The zero-order valence-electron chi connectivity index (χ0n) is 13.5. The van der Waals surface area contributed by atoms with Crippen molar-refractivity contribution in [3.63, 3.8) is 0 Å². The molecular weight excluding hydrogens is 247 g/mol. The van der Waals surface area contributed by atoms with Crippen molar-refractivity contribution in [1.82, 2.24) is 0 Å². The molecule has 2 rings (SSSR count). The average Bonchev–Trinajstić information content (AvgIpc) is 2.37. The summed E-state index contributed by atoms with van der Waals surface area (Å²) < 4.78 is 6.61. The van der Waals surface area contributed by atoms with Crippen LogP contribution in [0.1, 0.15) is 72.6 Å². The summed E-state index contributed by atoms with van der Waals surface area (Å²) in [6, 6.07) is 2.44. The first-order valence-electron chi connectivity index (χ1n) is 7.88. The van der Waals surface area contributed by atoms with Gasteiger partial charge in [-0.2, -0.15) is 5.26 Å². The van der Waals surface area contributed by atoms with Crippen molar-refractivity contribution < 1.29 is 4.74 Å². The number of nitrogens with zero attached hydrogens (tertiary/aromatic N) is 1. The topological polar surface area (TPSA) is 59.0 Å². The minimum atomic E-state index is -0.314. The molecule has 0 aliphatic carbocycles. The lowest BCUT2D eigenvalue weighted by molar-refractivity contribution is -0.236. The fraction of sp³-hybridized carbons (Fsp3) is 0.938. The molecule has 4 heteroatoms. The maximum atomic E-state index is 9.36. The fourth-order valence-electron chi connectivity index (χ4n) is 4.51. The van der Waals surface area contributed by atoms with E-state index in [0.29, 0.717) is 0 Å².